The summed E-state index contributed by atoms with van der Waals surface area (Å²) >= 11 is 0. The Balaban J connectivity index is 1.81. The quantitative estimate of drug-likeness (QED) is 0.217. The van der Waals surface area contributed by atoms with Gasteiger partial charge in [-0.05, 0) is 24.3 Å². The summed E-state index contributed by atoms with van der Waals surface area (Å²) in [5.74, 6) is 1.43. The highest BCUT2D eigenvalue weighted by atomic mass is 16.5. The smallest absolute Gasteiger partial charge is 0.136 e. The average Bonchev–Trinajstić information content (AvgIpc) is 2.88. The minimum Gasteiger partial charge on any atom is -0.456 e. The van der Waals surface area contributed by atoms with Crippen molar-refractivity contribution in [2.75, 3.05) is 79.0 Å². The van der Waals surface area contributed by atoms with Gasteiger partial charge in [-0.2, -0.15) is 0 Å². The third kappa shape index (κ3) is 13.1. The first-order valence-electron chi connectivity index (χ1n) is 11.9. The van der Waals surface area contributed by atoms with Gasteiger partial charge in [0.15, 0.2) is 0 Å². The molecule has 9 heteroatoms. The number of nitrogens with zero attached hydrogens (tertiary/aromatic N) is 2. The van der Waals surface area contributed by atoms with E-state index in [1.165, 1.54) is 0 Å². The number of benzene rings is 2. The second-order valence-corrected chi connectivity index (χ2v) is 7.28. The van der Waals surface area contributed by atoms with Crippen LogP contribution in [-0.4, -0.2) is 91.5 Å². The van der Waals surface area contributed by atoms with E-state index in [1.54, 1.807) is 12.4 Å². The molecule has 2 aromatic rings. The number of rotatable bonds is 20. The summed E-state index contributed by atoms with van der Waals surface area (Å²) in [5, 5.41) is 0. The molecule has 4 N–H and O–H groups in total. The third-order valence-electron chi connectivity index (χ3n) is 4.52. The molecule has 35 heavy (non-hydrogen) atoms. The van der Waals surface area contributed by atoms with Crippen LogP contribution in [0.5, 0.6) is 11.5 Å². The van der Waals surface area contributed by atoms with Crippen molar-refractivity contribution in [3.63, 3.8) is 0 Å². The highest BCUT2D eigenvalue weighted by Gasteiger charge is 2.06. The van der Waals surface area contributed by atoms with Crippen molar-refractivity contribution >= 4 is 12.4 Å². The van der Waals surface area contributed by atoms with Gasteiger partial charge in [0.05, 0.1) is 65.9 Å². The highest BCUT2D eigenvalue weighted by Crippen LogP contribution is 2.26. The third-order valence-corrected chi connectivity index (χ3v) is 4.52. The SMILES string of the molecule is NCCOCCOCC/N=C/c1ccccc1Oc1ccccc1/C=N/CCOCCOCCN. The van der Waals surface area contributed by atoms with Crippen LogP contribution < -0.4 is 16.2 Å². The van der Waals surface area contributed by atoms with Gasteiger partial charge in [0.25, 0.3) is 0 Å². The number of para-hydroxylation sites is 2. The lowest BCUT2D eigenvalue weighted by molar-refractivity contribution is 0.0540. The number of hydrogen-bond donors (Lipinski definition) is 2. The molecule has 0 heterocycles. The summed E-state index contributed by atoms with van der Waals surface area (Å²) in [5.41, 5.74) is 12.5. The van der Waals surface area contributed by atoms with Crippen molar-refractivity contribution in [1.29, 1.82) is 0 Å². The van der Waals surface area contributed by atoms with Crippen LogP contribution in [0.2, 0.25) is 0 Å². The van der Waals surface area contributed by atoms with Gasteiger partial charge in [0.1, 0.15) is 11.5 Å². The minimum atomic E-state index is 0.518. The lowest BCUT2D eigenvalue weighted by Gasteiger charge is -2.11. The zero-order chi connectivity index (χ0) is 24.8. The number of aliphatic imine (C=N–C) groups is 2. The van der Waals surface area contributed by atoms with E-state index in [-0.39, 0.29) is 0 Å². The molecule has 0 saturated heterocycles. The van der Waals surface area contributed by atoms with Gasteiger partial charge in [-0.1, -0.05) is 24.3 Å². The molecule has 9 nitrogen and oxygen atoms in total. The molecule has 0 aliphatic rings. The van der Waals surface area contributed by atoms with Crippen LogP contribution in [0.25, 0.3) is 0 Å². The first-order chi connectivity index (χ1) is 17.3. The van der Waals surface area contributed by atoms with Crippen LogP contribution in [0.4, 0.5) is 0 Å². The summed E-state index contributed by atoms with van der Waals surface area (Å²) in [6.45, 7) is 6.42. The molecule has 0 aliphatic heterocycles. The van der Waals surface area contributed by atoms with E-state index >= 15 is 0 Å². The average molecular weight is 487 g/mol. The van der Waals surface area contributed by atoms with Crippen molar-refractivity contribution in [1.82, 2.24) is 0 Å². The molecule has 0 radical (unpaired) electrons. The van der Waals surface area contributed by atoms with Crippen LogP contribution in [0, 0.1) is 0 Å². The maximum atomic E-state index is 6.21. The van der Waals surface area contributed by atoms with Crippen LogP contribution >= 0.6 is 0 Å². The Hall–Kier alpha value is -2.66. The monoisotopic (exact) mass is 486 g/mol. The summed E-state index contributed by atoms with van der Waals surface area (Å²) in [4.78, 5) is 8.91. The predicted molar refractivity (Wildman–Crippen MR) is 139 cm³/mol. The van der Waals surface area contributed by atoms with Crippen molar-refractivity contribution in [2.45, 2.75) is 0 Å². The Morgan fingerprint density at radius 2 is 0.943 bits per heavy atom. The van der Waals surface area contributed by atoms with Crippen LogP contribution in [0.3, 0.4) is 0 Å². The molecule has 0 bridgehead atoms. The summed E-state index contributed by atoms with van der Waals surface area (Å²) < 4.78 is 27.7. The van der Waals surface area contributed by atoms with Crippen molar-refractivity contribution < 1.29 is 23.7 Å². The second kappa shape index (κ2) is 19.6. The van der Waals surface area contributed by atoms with E-state index in [0.717, 1.165) is 11.1 Å². The van der Waals surface area contributed by atoms with E-state index < -0.39 is 0 Å². The maximum Gasteiger partial charge on any atom is 0.136 e. The molecule has 0 aliphatic carbocycles. The summed E-state index contributed by atoms with van der Waals surface area (Å²) in [7, 11) is 0. The zero-order valence-electron chi connectivity index (χ0n) is 20.3. The van der Waals surface area contributed by atoms with E-state index in [9.17, 15) is 0 Å². The van der Waals surface area contributed by atoms with Gasteiger partial charge in [0, 0.05) is 36.6 Å². The van der Waals surface area contributed by atoms with E-state index in [2.05, 4.69) is 9.98 Å². The highest BCUT2D eigenvalue weighted by molar-refractivity contribution is 5.85. The van der Waals surface area contributed by atoms with Crippen LogP contribution in [-0.2, 0) is 18.9 Å². The molecule has 0 aromatic heterocycles. The van der Waals surface area contributed by atoms with Crippen LogP contribution in [0.15, 0.2) is 58.5 Å². The van der Waals surface area contributed by atoms with Gasteiger partial charge >= 0.3 is 0 Å². The van der Waals surface area contributed by atoms with Gasteiger partial charge in [-0.15, -0.1) is 0 Å². The molecular formula is C26H38N4O5. The molecule has 2 rings (SSSR count). The van der Waals surface area contributed by atoms with E-state index in [4.69, 9.17) is 35.2 Å². The fourth-order valence-corrected chi connectivity index (χ4v) is 2.85. The Bertz CT molecular complexity index is 794. The van der Waals surface area contributed by atoms with Crippen molar-refractivity contribution in [3.05, 3.63) is 59.7 Å². The summed E-state index contributed by atoms with van der Waals surface area (Å²) in [6.07, 6.45) is 3.60. The van der Waals surface area contributed by atoms with E-state index in [1.807, 2.05) is 48.5 Å². The number of hydrogen-bond acceptors (Lipinski definition) is 9. The lowest BCUT2D eigenvalue weighted by Crippen LogP contribution is -2.12. The normalized spacial score (nSPS) is 11.6. The fraction of sp³-hybridized carbons (Fsp3) is 0.462. The molecule has 0 spiro atoms. The molecule has 0 saturated carbocycles. The second-order valence-electron chi connectivity index (χ2n) is 7.28. The lowest BCUT2D eigenvalue weighted by atomic mass is 10.2. The molecule has 0 unspecified atom stereocenters. The zero-order valence-corrected chi connectivity index (χ0v) is 20.3. The summed E-state index contributed by atoms with van der Waals surface area (Å²) in [6, 6.07) is 15.5. The Morgan fingerprint density at radius 1 is 0.543 bits per heavy atom. The maximum absolute atomic E-state index is 6.21. The molecule has 0 atom stereocenters. The van der Waals surface area contributed by atoms with Crippen molar-refractivity contribution in [2.24, 2.45) is 21.5 Å². The molecule has 0 amide bonds. The Kier molecular flexibility index (Phi) is 16.0. The standard InChI is InChI=1S/C26H38N4O5/c27-9-13-31-17-19-33-15-11-29-21-23-5-1-3-7-25(23)35-26-8-4-2-6-24(26)22-30-12-16-34-20-18-32-14-10-28/h1-8,21-22H,9-20,27-28H2/b29-21+,30-22+. The van der Waals surface area contributed by atoms with E-state index in [0.29, 0.717) is 90.5 Å². The Labute approximate surface area is 208 Å². The first kappa shape index (κ1) is 28.6. The first-order valence-corrected chi connectivity index (χ1v) is 11.9. The molecule has 0 fully saturated rings. The number of nitrogens with two attached hydrogens (primary N) is 2. The minimum absolute atomic E-state index is 0.518. The number of ether oxygens (including phenoxy) is 5. The molecule has 2 aromatic carbocycles. The predicted octanol–water partition coefficient (Wildman–Crippen LogP) is 2.30. The largest absolute Gasteiger partial charge is 0.456 e. The van der Waals surface area contributed by atoms with Gasteiger partial charge in [-0.25, -0.2) is 0 Å². The Morgan fingerprint density at radius 3 is 1.37 bits per heavy atom. The fourth-order valence-electron chi connectivity index (χ4n) is 2.85. The van der Waals surface area contributed by atoms with Crippen LogP contribution in [0.1, 0.15) is 11.1 Å². The van der Waals surface area contributed by atoms with Gasteiger partial charge in [0.2, 0.25) is 0 Å². The van der Waals surface area contributed by atoms with Gasteiger partial charge in [-0.3, -0.25) is 9.98 Å². The van der Waals surface area contributed by atoms with Gasteiger partial charge < -0.3 is 35.2 Å². The molecular weight excluding hydrogens is 448 g/mol. The molecule has 192 valence electrons. The topological polar surface area (TPSA) is 123 Å². The van der Waals surface area contributed by atoms with Crippen molar-refractivity contribution in [3.8, 4) is 11.5 Å².